The molecule has 0 saturated carbocycles. The first-order valence-corrected chi connectivity index (χ1v) is 11.0. The summed E-state index contributed by atoms with van der Waals surface area (Å²) in [7, 11) is 1.56. The number of nitrogens with zero attached hydrogens (tertiary/aromatic N) is 2. The number of rotatable bonds is 8. The summed E-state index contributed by atoms with van der Waals surface area (Å²) in [6.45, 7) is 4.27. The third kappa shape index (κ3) is 4.84. The number of nitrogens with one attached hydrogen (secondary N) is 4. The average molecular weight is 471 g/mol. The van der Waals surface area contributed by atoms with E-state index in [4.69, 9.17) is 10.1 Å². The number of methoxy groups -OCH3 is 1. The van der Waals surface area contributed by atoms with Gasteiger partial charge in [-0.05, 0) is 61.9 Å². The topological polar surface area (TPSA) is 136 Å². The molecule has 4 rings (SSSR count). The van der Waals surface area contributed by atoms with Gasteiger partial charge in [0.2, 0.25) is 5.88 Å². The quantitative estimate of drug-likeness (QED) is 0.245. The Morgan fingerprint density at radius 2 is 2.03 bits per heavy atom. The maximum absolute atomic E-state index is 12.8. The number of aromatic amines is 1. The molecule has 0 aliphatic heterocycles. The number of hydrogen-bond acceptors (Lipinski definition) is 7. The van der Waals surface area contributed by atoms with Crippen LogP contribution in [0.1, 0.15) is 24.2 Å². The van der Waals surface area contributed by atoms with E-state index in [0.29, 0.717) is 46.3 Å². The number of allylic oxidation sites excluding steroid dienone is 1. The van der Waals surface area contributed by atoms with Gasteiger partial charge in [-0.3, -0.25) is 4.79 Å². The van der Waals surface area contributed by atoms with Crippen molar-refractivity contribution in [1.29, 1.82) is 5.41 Å². The predicted octanol–water partition coefficient (Wildman–Crippen LogP) is 4.23. The molecule has 0 bridgehead atoms. The van der Waals surface area contributed by atoms with Gasteiger partial charge < -0.3 is 30.9 Å². The summed E-state index contributed by atoms with van der Waals surface area (Å²) < 4.78 is 5.37. The Morgan fingerprint density at radius 1 is 1.20 bits per heavy atom. The lowest BCUT2D eigenvalue weighted by Crippen LogP contribution is -2.32. The van der Waals surface area contributed by atoms with E-state index in [1.807, 2.05) is 25.1 Å². The van der Waals surface area contributed by atoms with E-state index < -0.39 is 0 Å². The first-order valence-electron chi connectivity index (χ1n) is 11.0. The summed E-state index contributed by atoms with van der Waals surface area (Å²) >= 11 is 0. The fraction of sp³-hybridized carbons (Fsp3) is 0.154. The second-order valence-corrected chi connectivity index (χ2v) is 7.80. The highest BCUT2D eigenvalue weighted by Crippen LogP contribution is 2.35. The smallest absolute Gasteiger partial charge is 0.256 e. The van der Waals surface area contributed by atoms with Crippen molar-refractivity contribution >= 4 is 23.2 Å². The Balaban J connectivity index is 1.69. The molecule has 9 heteroatoms. The van der Waals surface area contributed by atoms with Gasteiger partial charge in [0.15, 0.2) is 0 Å². The minimum atomic E-state index is -0.317. The number of amides is 1. The van der Waals surface area contributed by atoms with Crippen LogP contribution in [0.3, 0.4) is 0 Å². The first kappa shape index (κ1) is 23.5. The van der Waals surface area contributed by atoms with Crippen molar-refractivity contribution < 1.29 is 14.6 Å². The summed E-state index contributed by atoms with van der Waals surface area (Å²) in [6.07, 6.45) is 2.84. The van der Waals surface area contributed by atoms with Crippen molar-refractivity contribution in [3.05, 3.63) is 71.7 Å². The molecule has 1 amide bonds. The molecule has 0 saturated heterocycles. The third-order valence-electron chi connectivity index (χ3n) is 5.48. The highest BCUT2D eigenvalue weighted by atomic mass is 16.5. The lowest BCUT2D eigenvalue weighted by molar-refractivity contribution is 0.0963. The number of imidazole rings is 1. The molecule has 0 aliphatic rings. The van der Waals surface area contributed by atoms with E-state index in [-0.39, 0.29) is 11.7 Å². The van der Waals surface area contributed by atoms with Crippen LogP contribution in [0, 0.1) is 5.41 Å². The summed E-state index contributed by atoms with van der Waals surface area (Å²) in [5.74, 6) is 1.18. The largest absolute Gasteiger partial charge is 0.507 e. The number of carbonyl (C=O) groups is 1. The van der Waals surface area contributed by atoms with Gasteiger partial charge in [-0.1, -0.05) is 6.07 Å². The standard InChI is InChI=1S/C26H26N6O3/c1-4-28-23(15(2)14-27)32-25(34)17-7-9-20-21(13-17)31-24(30-20)19-12-16(8-10-22(19)33)18-6-5-11-29-26(18)35-3/h5-14,27-28,33H,4H2,1-3H3,(H,30,31)(H,32,34)/b23-15+,27-14?. The Hall–Kier alpha value is -4.66. The van der Waals surface area contributed by atoms with Crippen LogP contribution in [0.15, 0.2) is 66.1 Å². The summed E-state index contributed by atoms with van der Waals surface area (Å²) in [5.41, 5.74) is 4.44. The van der Waals surface area contributed by atoms with Gasteiger partial charge in [0, 0.05) is 35.7 Å². The van der Waals surface area contributed by atoms with Gasteiger partial charge in [0.25, 0.3) is 5.91 Å². The number of benzene rings is 2. The SMILES string of the molecule is CCN/C(NC(=O)c1ccc2[nH]c(-c3cc(-c4cccnc4OC)ccc3O)nc2c1)=C(/C)C=N. The van der Waals surface area contributed by atoms with Gasteiger partial charge >= 0.3 is 0 Å². The van der Waals surface area contributed by atoms with Gasteiger partial charge in [0.05, 0.1) is 23.7 Å². The van der Waals surface area contributed by atoms with Crippen molar-refractivity contribution in [2.75, 3.05) is 13.7 Å². The summed E-state index contributed by atoms with van der Waals surface area (Å²) in [6, 6.07) is 14.1. The van der Waals surface area contributed by atoms with Crippen molar-refractivity contribution in [2.24, 2.45) is 0 Å². The fourth-order valence-corrected chi connectivity index (χ4v) is 3.66. The van der Waals surface area contributed by atoms with Crippen LogP contribution in [0.25, 0.3) is 33.5 Å². The number of hydrogen-bond donors (Lipinski definition) is 5. The van der Waals surface area contributed by atoms with Gasteiger partial charge in [-0.15, -0.1) is 0 Å². The molecule has 0 fully saturated rings. The molecule has 5 N–H and O–H groups in total. The molecule has 35 heavy (non-hydrogen) atoms. The van der Waals surface area contributed by atoms with Crippen LogP contribution < -0.4 is 15.4 Å². The van der Waals surface area contributed by atoms with E-state index >= 15 is 0 Å². The van der Waals surface area contributed by atoms with Crippen molar-refractivity contribution in [2.45, 2.75) is 13.8 Å². The molecule has 0 radical (unpaired) electrons. The Labute approximate surface area is 202 Å². The minimum Gasteiger partial charge on any atom is -0.507 e. The number of aromatic hydroxyl groups is 1. The van der Waals surface area contributed by atoms with Crippen LogP contribution in [0.4, 0.5) is 0 Å². The zero-order chi connectivity index (χ0) is 24.9. The van der Waals surface area contributed by atoms with Gasteiger partial charge in [0.1, 0.15) is 17.4 Å². The molecule has 2 heterocycles. The third-order valence-corrected chi connectivity index (χ3v) is 5.48. The molecule has 0 aliphatic carbocycles. The second kappa shape index (κ2) is 10.1. The first-order chi connectivity index (χ1) is 16.9. The summed E-state index contributed by atoms with van der Waals surface area (Å²) in [4.78, 5) is 24.9. The maximum atomic E-state index is 12.8. The van der Waals surface area contributed by atoms with Crippen LogP contribution in [-0.4, -0.2) is 45.8 Å². The van der Waals surface area contributed by atoms with E-state index in [0.717, 1.165) is 16.6 Å². The van der Waals surface area contributed by atoms with E-state index in [1.165, 1.54) is 6.21 Å². The molecule has 9 nitrogen and oxygen atoms in total. The van der Waals surface area contributed by atoms with Crippen LogP contribution in [0.5, 0.6) is 11.6 Å². The van der Waals surface area contributed by atoms with Crippen LogP contribution in [0.2, 0.25) is 0 Å². The predicted molar refractivity (Wildman–Crippen MR) is 136 cm³/mol. The highest BCUT2D eigenvalue weighted by molar-refractivity contribution is 5.99. The number of H-pyrrole nitrogens is 1. The summed E-state index contributed by atoms with van der Waals surface area (Å²) in [5, 5.41) is 23.9. The van der Waals surface area contributed by atoms with Crippen molar-refractivity contribution in [3.63, 3.8) is 0 Å². The van der Waals surface area contributed by atoms with Gasteiger partial charge in [-0.25, -0.2) is 9.97 Å². The molecular weight excluding hydrogens is 444 g/mol. The Morgan fingerprint density at radius 3 is 2.77 bits per heavy atom. The number of phenolic OH excluding ortho intramolecular Hbond substituents is 1. The molecule has 2 aromatic heterocycles. The van der Waals surface area contributed by atoms with Crippen molar-refractivity contribution in [1.82, 2.24) is 25.6 Å². The monoisotopic (exact) mass is 470 g/mol. The Bertz CT molecular complexity index is 1440. The number of aromatic nitrogens is 3. The number of pyridine rings is 1. The number of carbonyl (C=O) groups excluding carboxylic acids is 1. The fourth-order valence-electron chi connectivity index (χ4n) is 3.66. The highest BCUT2D eigenvalue weighted by Gasteiger charge is 2.16. The Kier molecular flexibility index (Phi) is 6.77. The lowest BCUT2D eigenvalue weighted by atomic mass is 10.0. The van der Waals surface area contributed by atoms with Crippen LogP contribution >= 0.6 is 0 Å². The number of ether oxygens (including phenoxy) is 1. The molecule has 0 unspecified atom stereocenters. The van der Waals surface area contributed by atoms with E-state index in [1.54, 1.807) is 50.6 Å². The van der Waals surface area contributed by atoms with Crippen LogP contribution in [-0.2, 0) is 0 Å². The average Bonchev–Trinajstić information content (AvgIpc) is 3.31. The van der Waals surface area contributed by atoms with Crippen molar-refractivity contribution in [3.8, 4) is 34.1 Å². The molecule has 4 aromatic rings. The molecular formula is C26H26N6O3. The zero-order valence-corrected chi connectivity index (χ0v) is 19.6. The maximum Gasteiger partial charge on any atom is 0.256 e. The normalized spacial score (nSPS) is 11.6. The number of fused-ring (bicyclic) bond motifs is 1. The van der Waals surface area contributed by atoms with E-state index in [2.05, 4.69) is 25.6 Å². The second-order valence-electron chi connectivity index (χ2n) is 7.80. The molecule has 0 spiro atoms. The zero-order valence-electron chi connectivity index (χ0n) is 19.6. The minimum absolute atomic E-state index is 0.0659. The van der Waals surface area contributed by atoms with Gasteiger partial charge in [-0.2, -0.15) is 0 Å². The molecule has 178 valence electrons. The molecule has 0 atom stereocenters. The van der Waals surface area contributed by atoms with E-state index in [9.17, 15) is 9.90 Å². The molecule has 2 aromatic carbocycles. The number of phenols is 1. The lowest BCUT2D eigenvalue weighted by Gasteiger charge is -2.13.